The number of hydrogen-bond donors (Lipinski definition) is 3. The van der Waals surface area contributed by atoms with Crippen LogP contribution in [0.2, 0.25) is 0 Å². The molecule has 0 amide bonds. The van der Waals surface area contributed by atoms with Crippen molar-refractivity contribution < 1.29 is 74.0 Å². The smallest absolute Gasteiger partial charge is 0.412 e. The maximum absolute atomic E-state index is 8.88. The fourth-order valence-electron chi connectivity index (χ4n) is 0. The fourth-order valence-corrected chi connectivity index (χ4v) is 0. The minimum absolute atomic E-state index is 0. The van der Waals surface area contributed by atoms with Crippen LogP contribution in [0, 0.1) is 0 Å². The van der Waals surface area contributed by atoms with Gasteiger partial charge in [0.1, 0.15) is 0 Å². The van der Waals surface area contributed by atoms with E-state index in [0.29, 0.717) is 0 Å². The van der Waals surface area contributed by atoms with Crippen LogP contribution in [0.4, 0.5) is 0 Å². The summed E-state index contributed by atoms with van der Waals surface area (Å²) in [7, 11) is -4.64. The van der Waals surface area contributed by atoms with Crippen molar-refractivity contribution in [3.63, 3.8) is 0 Å². The third kappa shape index (κ3) is 22400. The third-order valence-corrected chi connectivity index (χ3v) is 0. The molecular weight excluding hydrogens is 255 g/mol. The van der Waals surface area contributed by atoms with Gasteiger partial charge in [0.15, 0.2) is 0 Å². The van der Waals surface area contributed by atoms with E-state index in [-0.39, 0.29) is 54.8 Å². The lowest BCUT2D eigenvalue weighted by molar-refractivity contribution is 0.275. The summed E-state index contributed by atoms with van der Waals surface area (Å²) in [5.41, 5.74) is 0. The predicted octanol–water partition coefficient (Wildman–Crippen LogP) is -9.18. The summed E-state index contributed by atoms with van der Waals surface area (Å²) in [5, 5.41) is 0. The van der Waals surface area contributed by atoms with Gasteiger partial charge in [-0.05, 0) is 0 Å². The molecule has 15 heteroatoms. The first-order valence-electron chi connectivity index (χ1n) is 0.783. The van der Waals surface area contributed by atoms with Gasteiger partial charge in [0, 0.05) is 0 Å². The molecule has 0 unspecified atom stereocenters. The highest BCUT2D eigenvalue weighted by atomic mass is 31.2. The Balaban J connectivity index is -0.00000000178. The average molecular weight is 278 g/mol. The van der Waals surface area contributed by atoms with Crippen LogP contribution in [0.15, 0.2) is 0 Å². The summed E-state index contributed by atoms with van der Waals surface area (Å²) in [6.45, 7) is 0. The Morgan fingerprint density at radius 3 is 0.467 bits per heavy atom. The second-order valence-electron chi connectivity index (χ2n) is 0.513. The van der Waals surface area contributed by atoms with Crippen molar-refractivity contribution in [1.29, 1.82) is 0 Å². The van der Waals surface area contributed by atoms with E-state index in [9.17, 15) is 0 Å². The SMILES string of the molecule is O.O.O.O.O.O.O.O.O.O.O=P(O)(O)O. The Morgan fingerprint density at radius 1 is 0.467 bits per heavy atom. The van der Waals surface area contributed by atoms with Crippen LogP contribution in [0.1, 0.15) is 0 Å². The van der Waals surface area contributed by atoms with Crippen LogP contribution in [-0.4, -0.2) is 69.4 Å². The molecule has 0 saturated carbocycles. The first-order chi connectivity index (χ1) is 2.00. The van der Waals surface area contributed by atoms with Gasteiger partial charge in [-0.25, -0.2) is 4.57 Å². The molecule has 0 aromatic heterocycles. The maximum atomic E-state index is 8.88. The van der Waals surface area contributed by atoms with Crippen LogP contribution in [0.25, 0.3) is 0 Å². The summed E-state index contributed by atoms with van der Waals surface area (Å²) in [6.07, 6.45) is 0. The van der Waals surface area contributed by atoms with Gasteiger partial charge >= 0.3 is 7.82 Å². The molecule has 112 valence electrons. The molecule has 23 N–H and O–H groups in total. The minimum atomic E-state index is -4.64. The summed E-state index contributed by atoms with van der Waals surface area (Å²) >= 11 is 0. The van der Waals surface area contributed by atoms with Gasteiger partial charge in [-0.1, -0.05) is 0 Å². The van der Waals surface area contributed by atoms with E-state index in [1.165, 1.54) is 0 Å². The van der Waals surface area contributed by atoms with Gasteiger partial charge in [-0.15, -0.1) is 0 Å². The zero-order chi connectivity index (χ0) is 4.50. The molecule has 15 heavy (non-hydrogen) atoms. The topological polar surface area (TPSA) is 393 Å². The highest BCUT2D eigenvalue weighted by Crippen LogP contribution is 2.25. The number of phosphoric acid groups is 1. The van der Waals surface area contributed by atoms with E-state index in [0.717, 1.165) is 0 Å². The monoisotopic (exact) mass is 278 g/mol. The molecule has 0 fully saturated rings. The summed E-state index contributed by atoms with van der Waals surface area (Å²) in [5.74, 6) is 0. The van der Waals surface area contributed by atoms with E-state index >= 15 is 0 Å². The Kier molecular flexibility index (Phi) is 910. The molecule has 0 aliphatic carbocycles. The lowest BCUT2D eigenvalue weighted by Crippen LogP contribution is -1.66. The van der Waals surface area contributed by atoms with Crippen LogP contribution < -0.4 is 0 Å². The molecule has 14 nitrogen and oxygen atoms in total. The Labute approximate surface area is 83.1 Å². The van der Waals surface area contributed by atoms with E-state index in [4.69, 9.17) is 19.2 Å². The van der Waals surface area contributed by atoms with Crippen molar-refractivity contribution in [1.82, 2.24) is 0 Å². The molecule has 0 atom stereocenters. The lowest BCUT2D eigenvalue weighted by Gasteiger charge is -1.82. The Hall–Kier alpha value is -0.290. The van der Waals surface area contributed by atoms with Gasteiger partial charge in [-0.3, -0.25) is 0 Å². The summed E-state index contributed by atoms with van der Waals surface area (Å²) in [4.78, 5) is 21.6. The fraction of sp³-hybridized carbons (Fsp3) is 0. The van der Waals surface area contributed by atoms with Gasteiger partial charge in [0.05, 0.1) is 0 Å². The lowest BCUT2D eigenvalue weighted by atomic mass is 15.8. The molecule has 0 rings (SSSR count). The maximum Gasteiger partial charge on any atom is 0.466 e. The standard InChI is InChI=1S/H3O4P.10H2O/c1-5(2,3)4;;;;;;;;;;/h(H3,1,2,3,4);10*1H2. The zero-order valence-electron chi connectivity index (χ0n) is 7.20. The van der Waals surface area contributed by atoms with E-state index in [1.807, 2.05) is 0 Å². The molecule has 0 aromatic carbocycles. The van der Waals surface area contributed by atoms with Crippen molar-refractivity contribution in [2.75, 3.05) is 0 Å². The Bertz CT molecular complexity index is 51.5. The van der Waals surface area contributed by atoms with Crippen LogP contribution in [0.3, 0.4) is 0 Å². The van der Waals surface area contributed by atoms with Gasteiger partial charge in [0.2, 0.25) is 0 Å². The predicted molar refractivity (Wildman–Crippen MR) is 50.4 cm³/mol. The molecule has 0 bridgehead atoms. The molecule has 0 saturated heterocycles. The van der Waals surface area contributed by atoms with Crippen molar-refractivity contribution in [3.05, 3.63) is 0 Å². The molecule has 0 aliphatic rings. The van der Waals surface area contributed by atoms with Crippen molar-refractivity contribution in [2.24, 2.45) is 0 Å². The van der Waals surface area contributed by atoms with Gasteiger partial charge < -0.3 is 69.4 Å². The van der Waals surface area contributed by atoms with Crippen molar-refractivity contribution in [3.8, 4) is 0 Å². The van der Waals surface area contributed by atoms with Gasteiger partial charge in [0.25, 0.3) is 0 Å². The van der Waals surface area contributed by atoms with E-state index in [1.54, 1.807) is 0 Å². The highest BCUT2D eigenvalue weighted by Gasteiger charge is 2.00. The molecular formula is H23O14P. The van der Waals surface area contributed by atoms with Crippen molar-refractivity contribution >= 4 is 7.82 Å². The van der Waals surface area contributed by atoms with Crippen LogP contribution >= 0.6 is 7.82 Å². The number of hydrogen-bond acceptors (Lipinski definition) is 1. The first-order valence-corrected chi connectivity index (χ1v) is 2.35. The molecule has 0 aromatic rings. The van der Waals surface area contributed by atoms with E-state index in [2.05, 4.69) is 0 Å². The summed E-state index contributed by atoms with van der Waals surface area (Å²) in [6, 6.07) is 0. The quantitative estimate of drug-likeness (QED) is 0.362. The average Bonchev–Trinajstić information content (AvgIpc) is 0.722. The molecule has 0 aliphatic heterocycles. The normalized spacial score (nSPS) is 3.93. The van der Waals surface area contributed by atoms with Gasteiger partial charge in [-0.2, -0.15) is 0 Å². The first kappa shape index (κ1) is 201. The third-order valence-electron chi connectivity index (χ3n) is 0. The van der Waals surface area contributed by atoms with E-state index < -0.39 is 7.82 Å². The second kappa shape index (κ2) is 67.9. The largest absolute Gasteiger partial charge is 0.466 e. The summed E-state index contributed by atoms with van der Waals surface area (Å²) < 4.78 is 8.88. The van der Waals surface area contributed by atoms with Crippen molar-refractivity contribution in [2.45, 2.75) is 0 Å². The molecule has 0 radical (unpaired) electrons. The highest BCUT2D eigenvalue weighted by molar-refractivity contribution is 7.45. The number of rotatable bonds is 0. The zero-order valence-corrected chi connectivity index (χ0v) is 8.09. The van der Waals surface area contributed by atoms with Crippen LogP contribution in [0.5, 0.6) is 0 Å². The molecule has 0 heterocycles. The Morgan fingerprint density at radius 2 is 0.467 bits per heavy atom. The molecule has 0 spiro atoms. The minimum Gasteiger partial charge on any atom is -0.412 e. The van der Waals surface area contributed by atoms with Crippen LogP contribution in [-0.2, 0) is 4.57 Å². The second-order valence-corrected chi connectivity index (χ2v) is 1.54.